The van der Waals surface area contributed by atoms with Gasteiger partial charge in [0, 0.05) is 35.8 Å². The van der Waals surface area contributed by atoms with Crippen molar-refractivity contribution in [3.05, 3.63) is 63.7 Å². The molecule has 8 heteroatoms. The van der Waals surface area contributed by atoms with Crippen molar-refractivity contribution < 1.29 is 14.0 Å². The Balaban J connectivity index is 1.13. The average molecular weight is 599 g/mol. The zero-order chi connectivity index (χ0) is 28.8. The lowest BCUT2D eigenvalue weighted by atomic mass is 9.86. The van der Waals surface area contributed by atoms with Gasteiger partial charge in [-0.25, -0.2) is 0 Å². The molecular formula is C33H41Cl2N3O3. The van der Waals surface area contributed by atoms with Crippen LogP contribution in [0, 0.1) is 23.7 Å². The Labute approximate surface area is 253 Å². The molecular weight excluding hydrogens is 557 g/mol. The number of aromatic nitrogens is 1. The molecule has 0 bridgehead atoms. The lowest BCUT2D eigenvalue weighted by Crippen LogP contribution is -2.28. The number of fused-ring (bicyclic) bond motifs is 1. The zero-order valence-corrected chi connectivity index (χ0v) is 26.0. The fourth-order valence-electron chi connectivity index (χ4n) is 7.12. The van der Waals surface area contributed by atoms with Gasteiger partial charge in [0.1, 0.15) is 22.9 Å². The van der Waals surface area contributed by atoms with E-state index < -0.39 is 0 Å². The molecule has 4 atom stereocenters. The van der Waals surface area contributed by atoms with E-state index in [0.717, 1.165) is 73.5 Å². The van der Waals surface area contributed by atoms with Crippen LogP contribution in [-0.4, -0.2) is 48.1 Å². The lowest BCUT2D eigenvalue weighted by molar-refractivity contribution is 0.0376. The van der Waals surface area contributed by atoms with Crippen molar-refractivity contribution >= 4 is 28.9 Å². The monoisotopic (exact) mass is 597 g/mol. The molecule has 0 radical (unpaired) electrons. The predicted octanol–water partition coefficient (Wildman–Crippen LogP) is 8.30. The summed E-state index contributed by atoms with van der Waals surface area (Å²) in [6, 6.07) is 5.77. The van der Waals surface area contributed by atoms with Gasteiger partial charge < -0.3 is 18.9 Å². The molecule has 1 saturated heterocycles. The van der Waals surface area contributed by atoms with E-state index in [2.05, 4.69) is 43.5 Å². The van der Waals surface area contributed by atoms with Gasteiger partial charge >= 0.3 is 0 Å². The highest BCUT2D eigenvalue weighted by molar-refractivity contribution is 6.39. The predicted molar refractivity (Wildman–Crippen MR) is 164 cm³/mol. The van der Waals surface area contributed by atoms with Crippen LogP contribution < -0.4 is 0 Å². The molecule has 3 heterocycles. The standard InChI is InChI=1S/C33H41Cl2N3O3/c1-18(2)26-13-24(14-30(20(4)39-5)36-19(26)3)38-15-22-11-25(12-23(22)16-38)40-17-27-32(37-41-33(27)21-9-10-21)31-28(34)7-6-8-29(31)35/h6-8,14,18-19,21-23,25-26H,4,9-13,15-17H2,1-3,5H3. The second-order valence-electron chi connectivity index (χ2n) is 12.7. The summed E-state index contributed by atoms with van der Waals surface area (Å²) in [6.45, 7) is 13.5. The zero-order valence-electron chi connectivity index (χ0n) is 24.5. The number of hydrogen-bond acceptors (Lipinski definition) is 6. The topological polar surface area (TPSA) is 60.1 Å². The number of rotatable bonds is 9. The third-order valence-corrected chi connectivity index (χ3v) is 10.3. The molecule has 2 aromatic rings. The summed E-state index contributed by atoms with van der Waals surface area (Å²) >= 11 is 13.1. The van der Waals surface area contributed by atoms with E-state index in [9.17, 15) is 0 Å². The lowest BCUT2D eigenvalue weighted by Gasteiger charge is -2.29. The normalized spacial score (nSPS) is 28.0. The van der Waals surface area contributed by atoms with Crippen molar-refractivity contribution in [2.75, 3.05) is 20.2 Å². The molecule has 2 aliphatic heterocycles. The van der Waals surface area contributed by atoms with Crippen LogP contribution in [0.1, 0.15) is 70.1 Å². The van der Waals surface area contributed by atoms with Crippen LogP contribution in [0.15, 0.2) is 51.8 Å². The van der Waals surface area contributed by atoms with Crippen LogP contribution >= 0.6 is 23.2 Å². The second-order valence-corrected chi connectivity index (χ2v) is 13.5. The molecule has 220 valence electrons. The van der Waals surface area contributed by atoms with E-state index in [0.29, 0.717) is 52.0 Å². The first-order valence-corrected chi connectivity index (χ1v) is 15.8. The molecule has 6 nitrogen and oxygen atoms in total. The summed E-state index contributed by atoms with van der Waals surface area (Å²) < 4.78 is 17.9. The molecule has 1 aromatic heterocycles. The summed E-state index contributed by atoms with van der Waals surface area (Å²) in [6.07, 6.45) is 7.86. The first-order chi connectivity index (χ1) is 19.7. The van der Waals surface area contributed by atoms with Gasteiger partial charge in [-0.2, -0.15) is 0 Å². The molecule has 2 aliphatic carbocycles. The van der Waals surface area contributed by atoms with Crippen molar-refractivity contribution in [1.29, 1.82) is 0 Å². The highest BCUT2D eigenvalue weighted by atomic mass is 35.5. The number of methoxy groups -OCH3 is 1. The van der Waals surface area contributed by atoms with Crippen LogP contribution in [0.2, 0.25) is 10.0 Å². The van der Waals surface area contributed by atoms with Gasteiger partial charge in [-0.3, -0.25) is 4.99 Å². The SMILES string of the molecule is C=C(OC)C1=NC(C)C(C(C)C)CC(N2CC3CC(OCc4c(-c5c(Cl)cccc5Cl)noc4C4CC4)CC3C2)=C1. The molecule has 4 unspecified atom stereocenters. The van der Waals surface area contributed by atoms with Crippen LogP contribution in [0.5, 0.6) is 0 Å². The van der Waals surface area contributed by atoms with E-state index in [1.807, 2.05) is 18.2 Å². The Bertz CT molecular complexity index is 1330. The molecule has 2 saturated carbocycles. The number of ether oxygens (including phenoxy) is 2. The van der Waals surface area contributed by atoms with Crippen molar-refractivity contribution in [2.24, 2.45) is 28.7 Å². The number of likely N-dealkylation sites (tertiary alicyclic amines) is 1. The van der Waals surface area contributed by atoms with Gasteiger partial charge in [0.25, 0.3) is 0 Å². The van der Waals surface area contributed by atoms with E-state index in [-0.39, 0.29) is 12.1 Å². The van der Waals surface area contributed by atoms with E-state index in [4.69, 9.17) is 42.2 Å². The summed E-state index contributed by atoms with van der Waals surface area (Å²) in [5.74, 6) is 4.27. The summed E-state index contributed by atoms with van der Waals surface area (Å²) in [4.78, 5) is 7.60. The maximum atomic E-state index is 6.60. The summed E-state index contributed by atoms with van der Waals surface area (Å²) in [5, 5.41) is 5.58. The van der Waals surface area contributed by atoms with E-state index in [1.165, 1.54) is 5.70 Å². The molecule has 0 N–H and O–H groups in total. The third-order valence-electron chi connectivity index (χ3n) is 9.64. The first-order valence-electron chi connectivity index (χ1n) is 15.0. The highest BCUT2D eigenvalue weighted by Crippen LogP contribution is 2.47. The molecule has 1 aromatic carbocycles. The van der Waals surface area contributed by atoms with Gasteiger partial charge in [-0.1, -0.05) is 54.9 Å². The third kappa shape index (κ3) is 5.85. The fourth-order valence-corrected chi connectivity index (χ4v) is 7.69. The highest BCUT2D eigenvalue weighted by Gasteiger charge is 2.43. The maximum absolute atomic E-state index is 6.60. The Morgan fingerprint density at radius 2 is 1.83 bits per heavy atom. The van der Waals surface area contributed by atoms with Gasteiger partial charge in [-0.05, 0) is 80.9 Å². The second kappa shape index (κ2) is 11.8. The Morgan fingerprint density at radius 3 is 2.44 bits per heavy atom. The fraction of sp³-hybridized carbons (Fsp3) is 0.576. The average Bonchev–Trinajstić information content (AvgIpc) is 3.47. The minimum Gasteiger partial charge on any atom is -0.495 e. The number of nitrogens with zero attached hydrogens (tertiary/aromatic N) is 3. The van der Waals surface area contributed by atoms with Crippen molar-refractivity contribution in [3.63, 3.8) is 0 Å². The van der Waals surface area contributed by atoms with Crippen LogP contribution in [0.4, 0.5) is 0 Å². The molecule has 6 rings (SSSR count). The Morgan fingerprint density at radius 1 is 1.15 bits per heavy atom. The summed E-state index contributed by atoms with van der Waals surface area (Å²) in [7, 11) is 1.67. The number of hydrogen-bond donors (Lipinski definition) is 0. The van der Waals surface area contributed by atoms with Crippen molar-refractivity contribution in [2.45, 2.75) is 77.5 Å². The smallest absolute Gasteiger partial charge is 0.145 e. The van der Waals surface area contributed by atoms with Crippen molar-refractivity contribution in [3.8, 4) is 11.3 Å². The first kappa shape index (κ1) is 28.8. The van der Waals surface area contributed by atoms with Gasteiger partial charge in [0.2, 0.25) is 0 Å². The van der Waals surface area contributed by atoms with E-state index >= 15 is 0 Å². The Kier molecular flexibility index (Phi) is 8.28. The van der Waals surface area contributed by atoms with Gasteiger partial charge in [0.05, 0.1) is 35.9 Å². The molecule has 4 aliphatic rings. The van der Waals surface area contributed by atoms with Gasteiger partial charge in [0.15, 0.2) is 0 Å². The number of allylic oxidation sites excluding steroid dienone is 2. The number of aliphatic imine (C=N–C) groups is 1. The molecule has 0 amide bonds. The minimum absolute atomic E-state index is 0.223. The molecule has 41 heavy (non-hydrogen) atoms. The number of benzene rings is 1. The van der Waals surface area contributed by atoms with Crippen LogP contribution in [0.3, 0.4) is 0 Å². The molecule has 3 fully saturated rings. The number of halogens is 2. The largest absolute Gasteiger partial charge is 0.495 e. The van der Waals surface area contributed by atoms with Gasteiger partial charge in [-0.15, -0.1) is 0 Å². The molecule has 0 spiro atoms. The maximum Gasteiger partial charge on any atom is 0.145 e. The van der Waals surface area contributed by atoms with Crippen LogP contribution in [-0.2, 0) is 16.1 Å². The van der Waals surface area contributed by atoms with Crippen molar-refractivity contribution in [1.82, 2.24) is 10.1 Å². The summed E-state index contributed by atoms with van der Waals surface area (Å²) in [5.41, 5.74) is 4.71. The minimum atomic E-state index is 0.223. The van der Waals surface area contributed by atoms with Crippen LogP contribution in [0.25, 0.3) is 11.3 Å². The van der Waals surface area contributed by atoms with E-state index in [1.54, 1.807) is 7.11 Å². The Hall–Kier alpha value is -2.28. The quantitative estimate of drug-likeness (QED) is 0.272.